The molecule has 2 saturated heterocycles. The van der Waals surface area contributed by atoms with E-state index in [0.717, 1.165) is 31.9 Å². The van der Waals surface area contributed by atoms with Crippen molar-refractivity contribution in [1.82, 2.24) is 4.90 Å². The van der Waals surface area contributed by atoms with Gasteiger partial charge < -0.3 is 10.5 Å². The van der Waals surface area contributed by atoms with Crippen LogP contribution in [0.1, 0.15) is 59.3 Å². The monoisotopic (exact) mass is 268 g/mol. The second-order valence-electron chi connectivity index (χ2n) is 7.16. The highest BCUT2D eigenvalue weighted by atomic mass is 16.5. The van der Waals surface area contributed by atoms with Gasteiger partial charge in [0.05, 0.1) is 5.60 Å². The molecule has 2 atom stereocenters. The third kappa shape index (κ3) is 3.50. The molecule has 2 aliphatic rings. The molecule has 0 aliphatic carbocycles. The molecule has 19 heavy (non-hydrogen) atoms. The van der Waals surface area contributed by atoms with Crippen LogP contribution in [0.4, 0.5) is 0 Å². The maximum absolute atomic E-state index is 6.21. The van der Waals surface area contributed by atoms with Gasteiger partial charge in [-0.15, -0.1) is 0 Å². The number of nitrogens with two attached hydrogens (primary N) is 1. The van der Waals surface area contributed by atoms with Gasteiger partial charge in [0.1, 0.15) is 0 Å². The van der Waals surface area contributed by atoms with Crippen LogP contribution >= 0.6 is 0 Å². The maximum Gasteiger partial charge on any atom is 0.0644 e. The van der Waals surface area contributed by atoms with E-state index in [1.165, 1.54) is 38.8 Å². The Balaban J connectivity index is 2.08. The van der Waals surface area contributed by atoms with Crippen LogP contribution in [0.3, 0.4) is 0 Å². The van der Waals surface area contributed by atoms with Gasteiger partial charge in [0.25, 0.3) is 0 Å². The average Bonchev–Trinajstić information content (AvgIpc) is 2.63. The molecule has 2 N–H and O–H groups in total. The van der Waals surface area contributed by atoms with E-state index >= 15 is 0 Å². The third-order valence-corrected chi connectivity index (χ3v) is 5.29. The lowest BCUT2D eigenvalue weighted by Gasteiger charge is -2.50. The third-order valence-electron chi connectivity index (χ3n) is 5.29. The van der Waals surface area contributed by atoms with E-state index in [-0.39, 0.29) is 11.1 Å². The molecule has 3 nitrogen and oxygen atoms in total. The SMILES string of the molecule is CCC1CCCN(C2(CN)CCOC(C)(C)C2)CC1. The summed E-state index contributed by atoms with van der Waals surface area (Å²) in [5, 5.41) is 0. The first-order valence-corrected chi connectivity index (χ1v) is 8.10. The Morgan fingerprint density at radius 1 is 1.26 bits per heavy atom. The Morgan fingerprint density at radius 2 is 2.05 bits per heavy atom. The van der Waals surface area contributed by atoms with E-state index in [2.05, 4.69) is 25.7 Å². The minimum atomic E-state index is -0.0198. The highest BCUT2D eigenvalue weighted by Gasteiger charge is 2.44. The zero-order chi connectivity index (χ0) is 13.9. The largest absolute Gasteiger partial charge is 0.375 e. The maximum atomic E-state index is 6.21. The molecule has 2 rings (SSSR count). The fourth-order valence-electron chi connectivity index (χ4n) is 4.07. The zero-order valence-electron chi connectivity index (χ0n) is 13.1. The molecule has 112 valence electrons. The number of likely N-dealkylation sites (tertiary alicyclic amines) is 1. The summed E-state index contributed by atoms with van der Waals surface area (Å²) in [5.74, 6) is 0.924. The molecule has 0 amide bonds. The van der Waals surface area contributed by atoms with Crippen molar-refractivity contribution < 1.29 is 4.74 Å². The lowest BCUT2D eigenvalue weighted by molar-refractivity contribution is -0.117. The van der Waals surface area contributed by atoms with Gasteiger partial charge in [-0.25, -0.2) is 0 Å². The van der Waals surface area contributed by atoms with Crippen molar-refractivity contribution in [3.8, 4) is 0 Å². The van der Waals surface area contributed by atoms with Gasteiger partial charge in [-0.05, 0) is 65.0 Å². The summed E-state index contributed by atoms with van der Waals surface area (Å²) >= 11 is 0. The minimum Gasteiger partial charge on any atom is -0.375 e. The standard InChI is InChI=1S/C16H32N2O/c1-4-14-6-5-9-18(10-7-14)16(13-17)8-11-19-15(2,3)12-16/h14H,4-13,17H2,1-3H3. The molecule has 0 bridgehead atoms. The predicted octanol–water partition coefficient (Wildman–Crippen LogP) is 2.79. The first-order valence-electron chi connectivity index (χ1n) is 8.10. The molecule has 3 heteroatoms. The van der Waals surface area contributed by atoms with Crippen LogP contribution in [0.25, 0.3) is 0 Å². The van der Waals surface area contributed by atoms with Crippen molar-refractivity contribution >= 4 is 0 Å². The molecule has 2 heterocycles. The molecular weight excluding hydrogens is 236 g/mol. The van der Waals surface area contributed by atoms with Gasteiger partial charge >= 0.3 is 0 Å². The fourth-order valence-corrected chi connectivity index (χ4v) is 4.07. The molecule has 0 radical (unpaired) electrons. The van der Waals surface area contributed by atoms with E-state index in [4.69, 9.17) is 10.5 Å². The molecule has 0 aromatic rings. The normalized spacial score (nSPS) is 36.9. The summed E-state index contributed by atoms with van der Waals surface area (Å²) in [6.07, 6.45) is 7.59. The lowest BCUT2D eigenvalue weighted by atomic mass is 9.79. The van der Waals surface area contributed by atoms with Gasteiger partial charge in [0, 0.05) is 18.7 Å². The molecule has 0 aromatic heterocycles. The fraction of sp³-hybridized carbons (Fsp3) is 1.00. The number of hydrogen-bond donors (Lipinski definition) is 1. The Hall–Kier alpha value is -0.120. The van der Waals surface area contributed by atoms with Crippen LogP contribution in [0, 0.1) is 5.92 Å². The summed E-state index contributed by atoms with van der Waals surface area (Å²) in [4.78, 5) is 2.70. The second-order valence-corrected chi connectivity index (χ2v) is 7.16. The van der Waals surface area contributed by atoms with Crippen LogP contribution in [0.15, 0.2) is 0 Å². The van der Waals surface area contributed by atoms with Gasteiger partial charge in [-0.2, -0.15) is 0 Å². The topological polar surface area (TPSA) is 38.5 Å². The second kappa shape index (κ2) is 6.11. The van der Waals surface area contributed by atoms with E-state index in [1.54, 1.807) is 0 Å². The summed E-state index contributed by atoms with van der Waals surface area (Å²) < 4.78 is 5.90. The highest BCUT2D eigenvalue weighted by Crippen LogP contribution is 2.37. The van der Waals surface area contributed by atoms with Crippen molar-refractivity contribution in [2.75, 3.05) is 26.2 Å². The smallest absolute Gasteiger partial charge is 0.0644 e. The number of nitrogens with zero attached hydrogens (tertiary/aromatic N) is 1. The van der Waals surface area contributed by atoms with Crippen molar-refractivity contribution in [3.05, 3.63) is 0 Å². The van der Waals surface area contributed by atoms with Crippen LogP contribution in [0.5, 0.6) is 0 Å². The number of ether oxygens (including phenoxy) is 1. The van der Waals surface area contributed by atoms with Crippen molar-refractivity contribution in [3.63, 3.8) is 0 Å². The van der Waals surface area contributed by atoms with Gasteiger partial charge in [-0.3, -0.25) is 4.90 Å². The Morgan fingerprint density at radius 3 is 2.68 bits per heavy atom. The highest BCUT2D eigenvalue weighted by molar-refractivity contribution is 5.00. The quantitative estimate of drug-likeness (QED) is 0.855. The molecule has 2 fully saturated rings. The molecule has 2 unspecified atom stereocenters. The first kappa shape index (κ1) is 15.3. The van der Waals surface area contributed by atoms with Gasteiger partial charge in [0.15, 0.2) is 0 Å². The molecular formula is C16H32N2O. The molecule has 0 spiro atoms. The summed E-state index contributed by atoms with van der Waals surface area (Å²) in [6, 6.07) is 0. The van der Waals surface area contributed by atoms with Crippen LogP contribution < -0.4 is 5.73 Å². The summed E-state index contributed by atoms with van der Waals surface area (Å²) in [5.41, 5.74) is 6.38. The zero-order valence-corrected chi connectivity index (χ0v) is 13.1. The van der Waals surface area contributed by atoms with E-state index < -0.39 is 0 Å². The summed E-state index contributed by atoms with van der Waals surface area (Å²) in [6.45, 7) is 10.8. The first-order chi connectivity index (χ1) is 9.01. The Labute approximate surface area is 118 Å². The van der Waals surface area contributed by atoms with E-state index in [0.29, 0.717) is 0 Å². The Kier molecular flexibility index (Phi) is 4.91. The average molecular weight is 268 g/mol. The predicted molar refractivity (Wildman–Crippen MR) is 80.3 cm³/mol. The Bertz CT molecular complexity index is 292. The van der Waals surface area contributed by atoms with Crippen LogP contribution in [-0.4, -0.2) is 42.3 Å². The van der Waals surface area contributed by atoms with Crippen LogP contribution in [0.2, 0.25) is 0 Å². The molecule has 0 saturated carbocycles. The van der Waals surface area contributed by atoms with E-state index in [1.807, 2.05) is 0 Å². The summed E-state index contributed by atoms with van der Waals surface area (Å²) in [7, 11) is 0. The lowest BCUT2D eigenvalue weighted by Crippen LogP contribution is -2.60. The molecule has 0 aromatic carbocycles. The van der Waals surface area contributed by atoms with Gasteiger partial charge in [0.2, 0.25) is 0 Å². The van der Waals surface area contributed by atoms with Crippen molar-refractivity contribution in [2.45, 2.75) is 70.4 Å². The van der Waals surface area contributed by atoms with Gasteiger partial charge in [-0.1, -0.05) is 13.3 Å². The minimum absolute atomic E-state index is 0.0198. The molecule has 2 aliphatic heterocycles. The van der Waals surface area contributed by atoms with Crippen molar-refractivity contribution in [1.29, 1.82) is 0 Å². The van der Waals surface area contributed by atoms with E-state index in [9.17, 15) is 0 Å². The van der Waals surface area contributed by atoms with Crippen molar-refractivity contribution in [2.24, 2.45) is 11.7 Å². The number of rotatable bonds is 3. The number of hydrogen-bond acceptors (Lipinski definition) is 3. The van der Waals surface area contributed by atoms with Crippen LogP contribution in [-0.2, 0) is 4.74 Å².